The summed E-state index contributed by atoms with van der Waals surface area (Å²) >= 11 is 1.51. The van der Waals surface area contributed by atoms with Gasteiger partial charge < -0.3 is 0 Å². The second kappa shape index (κ2) is 23.8. The summed E-state index contributed by atoms with van der Waals surface area (Å²) in [5, 5.41) is 5.48. The Balaban J connectivity index is 0.000000265. The van der Waals surface area contributed by atoms with Gasteiger partial charge in [-0.15, -0.1) is 71.0 Å². The van der Waals surface area contributed by atoms with Crippen LogP contribution in [0.5, 0.6) is 0 Å². The van der Waals surface area contributed by atoms with E-state index in [1.807, 2.05) is 43.3 Å². The van der Waals surface area contributed by atoms with Gasteiger partial charge in [0.15, 0.2) is 0 Å². The fourth-order valence-electron chi connectivity index (χ4n) is 5.82. The van der Waals surface area contributed by atoms with Crippen LogP contribution in [0.3, 0.4) is 0 Å². The van der Waals surface area contributed by atoms with E-state index in [4.69, 9.17) is 0 Å². The fraction of sp³-hybridized carbons (Fsp3) is 0.192. The molecule has 0 bridgehead atoms. The molecule has 0 nitrogen and oxygen atoms in total. The van der Waals surface area contributed by atoms with Crippen molar-refractivity contribution in [2.45, 2.75) is 65.7 Å². The van der Waals surface area contributed by atoms with E-state index in [2.05, 4.69) is 197 Å². The molecule has 0 amide bonds. The maximum atomic E-state index is 2.99. The van der Waals surface area contributed by atoms with Gasteiger partial charge in [0.2, 0.25) is 0 Å². The largest absolute Gasteiger partial charge is 0.273 e. The van der Waals surface area contributed by atoms with E-state index in [-0.39, 0.29) is 35.6 Å². The SMILES string of the molecule is CC(C)(C)c1ccc2c(c1)[cH-]c1cc(C(C)(C)C)ccc12.C[CH]=[Zr+2].Cl.Cl.[C-]1=CC=CC1.c1ccc(-c2ccccc2)cc1.c1ccc(-c2ccccc2)cc1. The zero-order valence-corrected chi connectivity index (χ0v) is 37.5. The molecule has 0 aromatic heterocycles. The third-order valence-electron chi connectivity index (χ3n) is 8.78. The van der Waals surface area contributed by atoms with Crippen LogP contribution in [0.4, 0.5) is 0 Å². The average Bonchev–Trinajstić information content (AvgIpc) is 3.88. The molecule has 3 heteroatoms. The molecule has 0 atom stereocenters. The minimum Gasteiger partial charge on any atom is -0.273 e. The zero-order chi connectivity index (χ0) is 38.1. The molecule has 0 unspecified atom stereocenters. The second-order valence-corrected chi connectivity index (χ2v) is 16.4. The molecule has 0 radical (unpaired) electrons. The number of fused-ring (bicyclic) bond motifs is 3. The molecule has 55 heavy (non-hydrogen) atoms. The summed E-state index contributed by atoms with van der Waals surface area (Å²) in [6.45, 7) is 15.7. The van der Waals surface area contributed by atoms with Crippen LogP contribution in [0.25, 0.3) is 43.8 Å². The standard InChI is InChI=1S/C21H25.2C12H10.C5H5.C2H4.2ClH.Zr/c1-20(2,3)16-7-9-18-14(12-16)11-15-13-17(21(4,5)6)8-10-19(15)18;2*1-3-7-11(8-4-1)12-9-5-2-6-10-12;1-2-4-5-3-1;1-2;;;/h7-13H,1-6H3;2*1-10H;1-3H,4H2;1H,2H3;2*1H;/q-1;;;-1;;;;+2. The number of rotatable bonds is 2. The molecular weight excluding hydrogens is 787 g/mol. The van der Waals surface area contributed by atoms with Crippen LogP contribution in [-0.4, -0.2) is 3.71 Å². The summed E-state index contributed by atoms with van der Waals surface area (Å²) in [7, 11) is 0. The van der Waals surface area contributed by atoms with Crippen molar-refractivity contribution in [3.63, 3.8) is 0 Å². The Hall–Kier alpha value is -4.00. The first-order chi connectivity index (χ1) is 25.5. The molecule has 0 heterocycles. The molecule has 0 fully saturated rings. The number of hydrogen-bond acceptors (Lipinski definition) is 0. The van der Waals surface area contributed by atoms with Gasteiger partial charge in [0, 0.05) is 0 Å². The van der Waals surface area contributed by atoms with E-state index in [0.717, 1.165) is 6.42 Å². The molecule has 0 saturated carbocycles. The van der Waals surface area contributed by atoms with E-state index in [0.29, 0.717) is 0 Å². The Kier molecular flexibility index (Phi) is 20.4. The van der Waals surface area contributed by atoms with Gasteiger partial charge in [0.1, 0.15) is 0 Å². The van der Waals surface area contributed by atoms with Crippen molar-refractivity contribution in [2.75, 3.05) is 0 Å². The maximum Gasteiger partial charge on any atom is -0.0184 e. The monoisotopic (exact) mass is 840 g/mol. The van der Waals surface area contributed by atoms with Gasteiger partial charge in [-0.1, -0.05) is 198 Å². The molecular formula is C52H56Cl2Zr. The predicted molar refractivity (Wildman–Crippen MR) is 246 cm³/mol. The van der Waals surface area contributed by atoms with Crippen molar-refractivity contribution >= 4 is 50.1 Å². The first kappa shape index (κ1) is 47.2. The average molecular weight is 843 g/mol. The molecule has 1 aliphatic rings. The van der Waals surface area contributed by atoms with Crippen LogP contribution in [-0.2, 0) is 35.1 Å². The van der Waals surface area contributed by atoms with E-state index in [1.54, 1.807) is 0 Å². The van der Waals surface area contributed by atoms with Gasteiger partial charge in [0.25, 0.3) is 0 Å². The van der Waals surface area contributed by atoms with E-state index in [1.165, 1.54) is 79.2 Å². The maximum absolute atomic E-state index is 2.99. The Morgan fingerprint density at radius 1 is 0.509 bits per heavy atom. The van der Waals surface area contributed by atoms with Gasteiger partial charge in [-0.25, -0.2) is 12.2 Å². The van der Waals surface area contributed by atoms with Crippen LogP contribution in [0.15, 0.2) is 182 Å². The van der Waals surface area contributed by atoms with Crippen LogP contribution in [0.2, 0.25) is 0 Å². The second-order valence-electron chi connectivity index (χ2n) is 15.0. The van der Waals surface area contributed by atoms with Crippen molar-refractivity contribution in [1.82, 2.24) is 0 Å². The van der Waals surface area contributed by atoms with E-state index in [9.17, 15) is 0 Å². The molecule has 0 aliphatic heterocycles. The third kappa shape index (κ3) is 15.2. The van der Waals surface area contributed by atoms with Crippen molar-refractivity contribution in [1.29, 1.82) is 0 Å². The quantitative estimate of drug-likeness (QED) is 0.152. The summed E-state index contributed by atoms with van der Waals surface area (Å²) in [4.78, 5) is 0. The summed E-state index contributed by atoms with van der Waals surface area (Å²) in [5.74, 6) is 0. The zero-order valence-electron chi connectivity index (χ0n) is 33.4. The number of allylic oxidation sites excluding steroid dienone is 4. The summed E-state index contributed by atoms with van der Waals surface area (Å²) in [5.41, 5.74) is 8.32. The number of benzene rings is 6. The third-order valence-corrected chi connectivity index (χ3v) is 8.78. The van der Waals surface area contributed by atoms with Crippen molar-refractivity contribution < 1.29 is 24.2 Å². The minimum atomic E-state index is 0. The molecule has 282 valence electrons. The molecule has 0 saturated heterocycles. The van der Waals surface area contributed by atoms with Gasteiger partial charge in [-0.3, -0.25) is 6.08 Å². The Morgan fingerprint density at radius 2 is 0.818 bits per heavy atom. The van der Waals surface area contributed by atoms with Gasteiger partial charge in [-0.05, 0) is 33.1 Å². The Bertz CT molecular complexity index is 1940. The number of hydrogen-bond donors (Lipinski definition) is 0. The van der Waals surface area contributed by atoms with Crippen molar-refractivity contribution in [2.24, 2.45) is 0 Å². The normalized spacial score (nSPS) is 11.1. The van der Waals surface area contributed by atoms with Gasteiger partial charge >= 0.3 is 34.9 Å². The van der Waals surface area contributed by atoms with Gasteiger partial charge in [0.05, 0.1) is 0 Å². The molecule has 1 aliphatic carbocycles. The Labute approximate surface area is 358 Å². The fourth-order valence-corrected chi connectivity index (χ4v) is 5.82. The molecule has 0 spiro atoms. The first-order valence-electron chi connectivity index (χ1n) is 18.5. The molecule has 8 rings (SSSR count). The molecule has 7 aromatic rings. The van der Waals surface area contributed by atoms with Crippen molar-refractivity contribution in [3.8, 4) is 22.3 Å². The van der Waals surface area contributed by atoms with Crippen LogP contribution < -0.4 is 0 Å². The van der Waals surface area contributed by atoms with Crippen LogP contribution in [0, 0.1) is 6.08 Å². The molecule has 7 aromatic carbocycles. The first-order valence-corrected chi connectivity index (χ1v) is 19.9. The van der Waals surface area contributed by atoms with Crippen LogP contribution >= 0.6 is 24.8 Å². The topological polar surface area (TPSA) is 0 Å². The smallest absolute Gasteiger partial charge is 0.0184 e. The van der Waals surface area contributed by atoms with E-state index >= 15 is 0 Å². The van der Waals surface area contributed by atoms with Gasteiger partial charge in [-0.2, -0.15) is 6.08 Å². The van der Waals surface area contributed by atoms with E-state index < -0.39 is 0 Å². The van der Waals surface area contributed by atoms with Crippen molar-refractivity contribution in [3.05, 3.63) is 199 Å². The molecule has 0 N–H and O–H groups in total. The summed E-state index contributed by atoms with van der Waals surface area (Å²) < 4.78 is 2.09. The predicted octanol–water partition coefficient (Wildman–Crippen LogP) is 15.5. The Morgan fingerprint density at radius 3 is 1.04 bits per heavy atom. The summed E-state index contributed by atoms with van der Waals surface area (Å²) in [6.07, 6.45) is 10.0. The summed E-state index contributed by atoms with van der Waals surface area (Å²) in [6, 6.07) is 57.7. The minimum absolute atomic E-state index is 0. The van der Waals surface area contributed by atoms with Crippen LogP contribution in [0.1, 0.15) is 66.0 Å². The number of halogens is 2.